The second kappa shape index (κ2) is 7.55. The molecule has 100 valence electrons. The van der Waals surface area contributed by atoms with Gasteiger partial charge < -0.3 is 20.5 Å². The first-order chi connectivity index (χ1) is 8.69. The predicted octanol–water partition coefficient (Wildman–Crippen LogP) is 0.927. The molecular formula is C13H20N2O3. The van der Waals surface area contributed by atoms with Gasteiger partial charge in [0, 0.05) is 0 Å². The maximum Gasteiger partial charge on any atom is 0.238 e. The Morgan fingerprint density at radius 2 is 1.94 bits per heavy atom. The highest BCUT2D eigenvalue weighted by Crippen LogP contribution is 2.26. The quantitative estimate of drug-likeness (QED) is 0.721. The molecule has 1 unspecified atom stereocenters. The van der Waals surface area contributed by atoms with E-state index in [1.165, 1.54) is 0 Å². The van der Waals surface area contributed by atoms with Crippen LogP contribution < -0.4 is 20.5 Å². The Kier molecular flexibility index (Phi) is 6.00. The van der Waals surface area contributed by atoms with Gasteiger partial charge in [-0.15, -0.1) is 0 Å². The average molecular weight is 252 g/mol. The van der Waals surface area contributed by atoms with Crippen LogP contribution >= 0.6 is 0 Å². The van der Waals surface area contributed by atoms with E-state index in [1.54, 1.807) is 13.1 Å². The van der Waals surface area contributed by atoms with E-state index in [1.807, 2.05) is 25.1 Å². The number of likely N-dealkylation sites (N-methyl/N-ethyl adjacent to an activating group) is 1. The zero-order chi connectivity index (χ0) is 13.4. The van der Waals surface area contributed by atoms with Crippen LogP contribution in [-0.4, -0.2) is 32.2 Å². The smallest absolute Gasteiger partial charge is 0.238 e. The van der Waals surface area contributed by atoms with Crippen LogP contribution in [0.5, 0.6) is 11.5 Å². The van der Waals surface area contributed by atoms with E-state index in [9.17, 15) is 4.79 Å². The second-order valence-corrected chi connectivity index (χ2v) is 3.85. The van der Waals surface area contributed by atoms with Gasteiger partial charge in [0.1, 0.15) is 12.6 Å². The van der Waals surface area contributed by atoms with E-state index in [2.05, 4.69) is 5.32 Å². The fourth-order valence-electron chi connectivity index (χ4n) is 1.38. The number of nitrogens with two attached hydrogens (primary N) is 1. The van der Waals surface area contributed by atoms with Crippen LogP contribution in [0.4, 0.5) is 0 Å². The number of para-hydroxylation sites is 2. The standard InChI is InChI=1S/C13H20N2O3/c1-3-8-17-11-6-4-5-7-12(11)18-9-10(15-2)13(14)16/h4-7,10,15H,3,8-9H2,1-2H3,(H2,14,16). The number of amides is 1. The van der Waals surface area contributed by atoms with Gasteiger partial charge in [0.05, 0.1) is 6.61 Å². The van der Waals surface area contributed by atoms with E-state index >= 15 is 0 Å². The van der Waals surface area contributed by atoms with Crippen molar-refractivity contribution in [2.24, 2.45) is 5.73 Å². The summed E-state index contributed by atoms with van der Waals surface area (Å²) >= 11 is 0. The van der Waals surface area contributed by atoms with Gasteiger partial charge in [-0.25, -0.2) is 0 Å². The van der Waals surface area contributed by atoms with E-state index < -0.39 is 11.9 Å². The summed E-state index contributed by atoms with van der Waals surface area (Å²) in [6, 6.07) is 6.86. The molecular weight excluding hydrogens is 232 g/mol. The van der Waals surface area contributed by atoms with Crippen molar-refractivity contribution in [1.82, 2.24) is 5.32 Å². The predicted molar refractivity (Wildman–Crippen MR) is 69.8 cm³/mol. The maximum absolute atomic E-state index is 11.1. The monoisotopic (exact) mass is 252 g/mol. The topological polar surface area (TPSA) is 73.6 Å². The summed E-state index contributed by atoms with van der Waals surface area (Å²) in [6.07, 6.45) is 0.925. The van der Waals surface area contributed by atoms with Crippen molar-refractivity contribution >= 4 is 5.91 Å². The molecule has 0 aromatic heterocycles. The summed E-state index contributed by atoms with van der Waals surface area (Å²) in [7, 11) is 1.66. The summed E-state index contributed by atoms with van der Waals surface area (Å²) in [5, 5.41) is 2.79. The minimum atomic E-state index is -0.510. The molecule has 0 bridgehead atoms. The molecule has 1 atom stereocenters. The van der Waals surface area contributed by atoms with Gasteiger partial charge in [0.25, 0.3) is 0 Å². The molecule has 0 aliphatic heterocycles. The average Bonchev–Trinajstić information content (AvgIpc) is 2.38. The second-order valence-electron chi connectivity index (χ2n) is 3.85. The van der Waals surface area contributed by atoms with E-state index in [-0.39, 0.29) is 6.61 Å². The molecule has 0 aliphatic carbocycles. The number of primary amides is 1. The van der Waals surface area contributed by atoms with Crippen LogP contribution in [0.1, 0.15) is 13.3 Å². The third kappa shape index (κ3) is 4.25. The largest absolute Gasteiger partial charge is 0.490 e. The Labute approximate surface area is 107 Å². The summed E-state index contributed by atoms with van der Waals surface area (Å²) in [4.78, 5) is 11.1. The van der Waals surface area contributed by atoms with E-state index in [4.69, 9.17) is 15.2 Å². The molecule has 1 rings (SSSR count). The van der Waals surface area contributed by atoms with Gasteiger partial charge in [-0.2, -0.15) is 0 Å². The molecule has 0 heterocycles. The molecule has 3 N–H and O–H groups in total. The Morgan fingerprint density at radius 1 is 1.33 bits per heavy atom. The van der Waals surface area contributed by atoms with Crippen LogP contribution in [0.15, 0.2) is 24.3 Å². The molecule has 5 heteroatoms. The number of carbonyl (C=O) groups is 1. The van der Waals surface area contributed by atoms with Crippen molar-refractivity contribution in [3.05, 3.63) is 24.3 Å². The van der Waals surface area contributed by atoms with Gasteiger partial charge >= 0.3 is 0 Å². The first-order valence-corrected chi connectivity index (χ1v) is 6.00. The Balaban J connectivity index is 2.63. The van der Waals surface area contributed by atoms with Crippen LogP contribution in [-0.2, 0) is 4.79 Å². The molecule has 0 fully saturated rings. The van der Waals surface area contributed by atoms with Crippen LogP contribution in [0.3, 0.4) is 0 Å². The number of ether oxygens (including phenoxy) is 2. The molecule has 0 spiro atoms. The Bertz CT molecular complexity index is 382. The number of benzene rings is 1. The molecule has 18 heavy (non-hydrogen) atoms. The number of hydrogen-bond donors (Lipinski definition) is 2. The number of nitrogens with one attached hydrogen (secondary N) is 1. The number of hydrogen-bond acceptors (Lipinski definition) is 4. The summed E-state index contributed by atoms with van der Waals surface area (Å²) in [5.41, 5.74) is 5.22. The summed E-state index contributed by atoms with van der Waals surface area (Å²) in [6.45, 7) is 2.84. The molecule has 0 aliphatic rings. The van der Waals surface area contributed by atoms with E-state index in [0.717, 1.165) is 6.42 Å². The fourth-order valence-corrected chi connectivity index (χ4v) is 1.38. The SMILES string of the molecule is CCCOc1ccccc1OCC(NC)C(N)=O. The van der Waals surface area contributed by atoms with Crippen molar-refractivity contribution in [3.63, 3.8) is 0 Å². The number of carbonyl (C=O) groups excluding carboxylic acids is 1. The minimum absolute atomic E-state index is 0.179. The molecule has 0 saturated carbocycles. The highest BCUT2D eigenvalue weighted by atomic mass is 16.5. The third-order valence-corrected chi connectivity index (χ3v) is 2.41. The first-order valence-electron chi connectivity index (χ1n) is 6.00. The lowest BCUT2D eigenvalue weighted by molar-refractivity contribution is -0.120. The minimum Gasteiger partial charge on any atom is -0.490 e. The first kappa shape index (κ1) is 14.3. The van der Waals surface area contributed by atoms with Crippen molar-refractivity contribution in [2.45, 2.75) is 19.4 Å². The molecule has 1 amide bonds. The normalized spacial score (nSPS) is 11.9. The van der Waals surface area contributed by atoms with Crippen molar-refractivity contribution in [3.8, 4) is 11.5 Å². The van der Waals surface area contributed by atoms with E-state index in [0.29, 0.717) is 18.1 Å². The van der Waals surface area contributed by atoms with Crippen molar-refractivity contribution < 1.29 is 14.3 Å². The van der Waals surface area contributed by atoms with Gasteiger partial charge in [-0.3, -0.25) is 4.79 Å². The van der Waals surface area contributed by atoms with Gasteiger partial charge in [-0.1, -0.05) is 19.1 Å². The molecule has 5 nitrogen and oxygen atoms in total. The van der Waals surface area contributed by atoms with Gasteiger partial charge in [0.2, 0.25) is 5.91 Å². The Hall–Kier alpha value is -1.75. The van der Waals surface area contributed by atoms with Crippen molar-refractivity contribution in [1.29, 1.82) is 0 Å². The zero-order valence-corrected chi connectivity index (χ0v) is 10.8. The molecule has 0 saturated heterocycles. The lowest BCUT2D eigenvalue weighted by Crippen LogP contribution is -2.43. The lowest BCUT2D eigenvalue weighted by Gasteiger charge is -2.16. The fraction of sp³-hybridized carbons (Fsp3) is 0.462. The maximum atomic E-state index is 11.1. The zero-order valence-electron chi connectivity index (χ0n) is 10.8. The van der Waals surface area contributed by atoms with Crippen LogP contribution in [0.2, 0.25) is 0 Å². The van der Waals surface area contributed by atoms with Gasteiger partial charge in [0.15, 0.2) is 11.5 Å². The highest BCUT2D eigenvalue weighted by molar-refractivity contribution is 5.80. The molecule has 0 radical (unpaired) electrons. The summed E-state index contributed by atoms with van der Waals surface area (Å²) in [5.74, 6) is 0.857. The highest BCUT2D eigenvalue weighted by Gasteiger charge is 2.14. The molecule has 1 aromatic carbocycles. The summed E-state index contributed by atoms with van der Waals surface area (Å²) < 4.78 is 11.1. The lowest BCUT2D eigenvalue weighted by atomic mass is 10.3. The van der Waals surface area contributed by atoms with Crippen LogP contribution in [0, 0.1) is 0 Å². The van der Waals surface area contributed by atoms with Gasteiger partial charge in [-0.05, 0) is 25.6 Å². The van der Waals surface area contributed by atoms with Crippen molar-refractivity contribution in [2.75, 3.05) is 20.3 Å². The number of rotatable bonds is 8. The third-order valence-electron chi connectivity index (χ3n) is 2.41. The Morgan fingerprint density at radius 3 is 2.44 bits per heavy atom. The molecule has 1 aromatic rings. The van der Waals surface area contributed by atoms with Crippen LogP contribution in [0.25, 0.3) is 0 Å².